The average molecular weight is 245 g/mol. The number of carbonyl (C=O) groups is 1. The van der Waals surface area contributed by atoms with Crippen molar-refractivity contribution in [2.75, 3.05) is 21.3 Å². The molecule has 0 aromatic rings. The Labute approximate surface area is 105 Å². The van der Waals surface area contributed by atoms with Crippen LogP contribution in [0.2, 0.25) is 0 Å². The molecular weight excluding hydrogens is 218 g/mol. The zero-order valence-corrected chi connectivity index (χ0v) is 12.2. The topological polar surface area (TPSA) is 38.8 Å². The predicted octanol–water partition coefficient (Wildman–Crippen LogP) is 1.93. The first-order valence-corrected chi connectivity index (χ1v) is 6.16. The van der Waals surface area contributed by atoms with Crippen LogP contribution in [0.15, 0.2) is 0 Å². The lowest BCUT2D eigenvalue weighted by molar-refractivity contribution is -0.137. The van der Waals surface area contributed by atoms with Crippen LogP contribution in [0.25, 0.3) is 0 Å². The third-order valence-corrected chi connectivity index (χ3v) is 3.27. The van der Waals surface area contributed by atoms with Gasteiger partial charge >= 0.3 is 0 Å². The Bertz CT molecular complexity index is 231. The number of methoxy groups -OCH3 is 2. The molecule has 0 rings (SSSR count). The molecule has 4 heteroatoms. The molecule has 0 N–H and O–H groups in total. The molecule has 0 heterocycles. The van der Waals surface area contributed by atoms with Crippen LogP contribution in [-0.2, 0) is 14.3 Å². The maximum atomic E-state index is 12.0. The van der Waals surface area contributed by atoms with Crippen LogP contribution >= 0.6 is 0 Å². The van der Waals surface area contributed by atoms with Crippen molar-refractivity contribution in [3.05, 3.63) is 0 Å². The Kier molecular flexibility index (Phi) is 7.39. The zero-order chi connectivity index (χ0) is 13.6. The van der Waals surface area contributed by atoms with Gasteiger partial charge in [-0.1, -0.05) is 13.8 Å². The van der Waals surface area contributed by atoms with Gasteiger partial charge in [0, 0.05) is 21.3 Å². The van der Waals surface area contributed by atoms with Crippen molar-refractivity contribution >= 4 is 5.91 Å². The molecule has 0 aliphatic carbocycles. The molecule has 4 nitrogen and oxygen atoms in total. The molecule has 102 valence electrons. The summed E-state index contributed by atoms with van der Waals surface area (Å²) in [5, 5.41) is 0. The Morgan fingerprint density at radius 3 is 2.00 bits per heavy atom. The van der Waals surface area contributed by atoms with Crippen LogP contribution in [0.1, 0.15) is 34.1 Å². The van der Waals surface area contributed by atoms with Crippen molar-refractivity contribution in [1.29, 1.82) is 0 Å². The number of ether oxygens (including phenoxy) is 2. The number of likely N-dealkylation sites (N-methyl/N-ethyl adjacent to an activating group) is 1. The maximum absolute atomic E-state index is 12.0. The number of hydrogen-bond donors (Lipinski definition) is 0. The molecule has 0 spiro atoms. The second kappa shape index (κ2) is 7.67. The fraction of sp³-hybridized carbons (Fsp3) is 0.923. The molecule has 17 heavy (non-hydrogen) atoms. The lowest BCUT2D eigenvalue weighted by Crippen LogP contribution is -2.46. The first kappa shape index (κ1) is 16.4. The molecule has 0 aromatic carbocycles. The zero-order valence-electron chi connectivity index (χ0n) is 12.2. The number of carbonyl (C=O) groups excluding carboxylic acids is 1. The minimum Gasteiger partial charge on any atom is -0.381 e. The van der Waals surface area contributed by atoms with E-state index in [4.69, 9.17) is 9.47 Å². The molecule has 3 atom stereocenters. The summed E-state index contributed by atoms with van der Waals surface area (Å²) in [5.41, 5.74) is 0. The molecule has 0 saturated carbocycles. The Balaban J connectivity index is 4.46. The second-order valence-electron chi connectivity index (χ2n) is 4.94. The third kappa shape index (κ3) is 5.04. The van der Waals surface area contributed by atoms with Crippen molar-refractivity contribution in [1.82, 2.24) is 4.90 Å². The predicted molar refractivity (Wildman–Crippen MR) is 69.0 cm³/mol. The lowest BCUT2D eigenvalue weighted by Gasteiger charge is -2.33. The van der Waals surface area contributed by atoms with Gasteiger partial charge in [-0.15, -0.1) is 0 Å². The fourth-order valence-electron chi connectivity index (χ4n) is 1.95. The van der Waals surface area contributed by atoms with Crippen molar-refractivity contribution in [2.45, 2.75) is 52.4 Å². The average Bonchev–Trinajstić information content (AvgIpc) is 2.27. The van der Waals surface area contributed by atoms with Gasteiger partial charge < -0.3 is 14.4 Å². The van der Waals surface area contributed by atoms with Crippen LogP contribution < -0.4 is 0 Å². The number of rotatable bonds is 7. The van der Waals surface area contributed by atoms with Gasteiger partial charge in [-0.2, -0.15) is 0 Å². The van der Waals surface area contributed by atoms with Crippen LogP contribution in [0.3, 0.4) is 0 Å². The van der Waals surface area contributed by atoms with Crippen LogP contribution in [0.5, 0.6) is 0 Å². The monoisotopic (exact) mass is 245 g/mol. The normalized spacial score (nSPS) is 16.7. The fourth-order valence-corrected chi connectivity index (χ4v) is 1.95. The first-order valence-electron chi connectivity index (χ1n) is 6.16. The van der Waals surface area contributed by atoms with Gasteiger partial charge in [0.05, 0.1) is 24.7 Å². The Hall–Kier alpha value is -0.610. The van der Waals surface area contributed by atoms with E-state index in [9.17, 15) is 4.79 Å². The number of nitrogens with zero attached hydrogens (tertiary/aromatic N) is 1. The highest BCUT2D eigenvalue weighted by atomic mass is 16.5. The summed E-state index contributed by atoms with van der Waals surface area (Å²) >= 11 is 0. The van der Waals surface area contributed by atoms with Crippen LogP contribution in [0, 0.1) is 5.92 Å². The summed E-state index contributed by atoms with van der Waals surface area (Å²) in [5.74, 6) is 0.472. The van der Waals surface area contributed by atoms with Gasteiger partial charge in [-0.3, -0.25) is 4.79 Å². The molecule has 0 aliphatic rings. The summed E-state index contributed by atoms with van der Waals surface area (Å²) in [6.07, 6.45) is 0.422. The third-order valence-electron chi connectivity index (χ3n) is 3.27. The minimum atomic E-state index is -0.0443. The van der Waals surface area contributed by atoms with E-state index in [-0.39, 0.29) is 24.2 Å². The highest BCUT2D eigenvalue weighted by Crippen LogP contribution is 2.15. The standard InChI is InChI=1S/C13H27NO3/c1-9(2)13(17-7)11(4)14(5)12(15)8-10(3)16-6/h9-11,13H,8H2,1-7H3. The highest BCUT2D eigenvalue weighted by molar-refractivity contribution is 5.76. The summed E-state index contributed by atoms with van der Waals surface area (Å²) in [4.78, 5) is 13.7. The van der Waals surface area contributed by atoms with Crippen molar-refractivity contribution in [2.24, 2.45) is 5.92 Å². The summed E-state index contributed by atoms with van der Waals surface area (Å²) < 4.78 is 10.6. The van der Waals surface area contributed by atoms with E-state index in [2.05, 4.69) is 13.8 Å². The summed E-state index contributed by atoms with van der Waals surface area (Å²) in [6.45, 7) is 8.11. The molecule has 0 bridgehead atoms. The summed E-state index contributed by atoms with van der Waals surface area (Å²) in [6, 6.07) is 0.0663. The van der Waals surface area contributed by atoms with Gasteiger partial charge in [0.1, 0.15) is 0 Å². The number of amides is 1. The molecule has 0 aliphatic heterocycles. The highest BCUT2D eigenvalue weighted by Gasteiger charge is 2.27. The van der Waals surface area contributed by atoms with Crippen molar-refractivity contribution in [3.8, 4) is 0 Å². The molecule has 1 amide bonds. The van der Waals surface area contributed by atoms with Crippen molar-refractivity contribution in [3.63, 3.8) is 0 Å². The SMILES string of the molecule is COC(C)CC(=O)N(C)C(C)C(OC)C(C)C. The van der Waals surface area contributed by atoms with E-state index >= 15 is 0 Å². The van der Waals surface area contributed by atoms with Gasteiger partial charge in [0.25, 0.3) is 0 Å². The van der Waals surface area contributed by atoms with Crippen molar-refractivity contribution < 1.29 is 14.3 Å². The first-order chi connectivity index (χ1) is 7.84. The van der Waals surface area contributed by atoms with Gasteiger partial charge in [0.2, 0.25) is 5.91 Å². The van der Waals surface area contributed by atoms with E-state index in [0.717, 1.165) is 0 Å². The lowest BCUT2D eigenvalue weighted by atomic mass is 9.99. The van der Waals surface area contributed by atoms with Gasteiger partial charge in [0.15, 0.2) is 0 Å². The largest absolute Gasteiger partial charge is 0.381 e. The molecule has 0 radical (unpaired) electrons. The van der Waals surface area contributed by atoms with E-state index in [1.54, 1.807) is 19.1 Å². The smallest absolute Gasteiger partial charge is 0.225 e. The molecule has 0 fully saturated rings. The summed E-state index contributed by atoms with van der Waals surface area (Å²) in [7, 11) is 5.13. The van der Waals surface area contributed by atoms with E-state index in [1.165, 1.54) is 0 Å². The molecule has 0 aromatic heterocycles. The van der Waals surface area contributed by atoms with Crippen LogP contribution in [-0.4, -0.2) is 50.3 Å². The Morgan fingerprint density at radius 2 is 1.65 bits per heavy atom. The van der Waals surface area contributed by atoms with E-state index in [0.29, 0.717) is 12.3 Å². The van der Waals surface area contributed by atoms with Gasteiger partial charge in [-0.05, 0) is 19.8 Å². The molecular formula is C13H27NO3. The minimum absolute atomic E-state index is 0.0443. The second-order valence-corrected chi connectivity index (χ2v) is 4.94. The Morgan fingerprint density at radius 1 is 1.12 bits per heavy atom. The molecule has 3 unspecified atom stereocenters. The maximum Gasteiger partial charge on any atom is 0.225 e. The van der Waals surface area contributed by atoms with Gasteiger partial charge in [-0.25, -0.2) is 0 Å². The van der Waals surface area contributed by atoms with Crippen LogP contribution in [0.4, 0.5) is 0 Å². The number of hydrogen-bond acceptors (Lipinski definition) is 3. The molecule has 0 saturated heterocycles. The van der Waals surface area contributed by atoms with E-state index < -0.39 is 0 Å². The van der Waals surface area contributed by atoms with E-state index in [1.807, 2.05) is 20.9 Å². The quantitative estimate of drug-likeness (QED) is 0.688.